The molecule has 0 saturated carbocycles. The second kappa shape index (κ2) is 5.24. The van der Waals surface area contributed by atoms with E-state index in [1.165, 1.54) is 11.1 Å². The topological polar surface area (TPSA) is 32.3 Å². The average molecular weight is 280 g/mol. The molecule has 108 valence electrons. The summed E-state index contributed by atoms with van der Waals surface area (Å²) < 4.78 is 0. The van der Waals surface area contributed by atoms with Crippen LogP contribution in [0.25, 0.3) is 0 Å². The number of carbonyl (C=O) groups is 1. The number of nitrogens with one attached hydrogen (secondary N) is 1. The van der Waals surface area contributed by atoms with Crippen LogP contribution in [-0.4, -0.2) is 11.9 Å². The molecule has 1 aliphatic heterocycles. The molecule has 1 amide bonds. The molecular weight excluding hydrogens is 260 g/mol. The third-order valence-electron chi connectivity index (χ3n) is 4.09. The van der Waals surface area contributed by atoms with Crippen LogP contribution in [0.2, 0.25) is 0 Å². The van der Waals surface area contributed by atoms with Gasteiger partial charge in [0.25, 0.3) is 0 Å². The minimum atomic E-state index is -0.191. The van der Waals surface area contributed by atoms with Crippen LogP contribution >= 0.6 is 0 Å². The van der Waals surface area contributed by atoms with Crippen LogP contribution in [0.1, 0.15) is 23.6 Å². The molecule has 1 atom stereocenters. The number of nitrogens with zero attached hydrogens (tertiary/aromatic N) is 1. The quantitative estimate of drug-likeness (QED) is 0.910. The van der Waals surface area contributed by atoms with E-state index in [1.54, 1.807) is 0 Å². The van der Waals surface area contributed by atoms with Crippen molar-refractivity contribution in [2.75, 3.05) is 10.2 Å². The number of anilines is 2. The summed E-state index contributed by atoms with van der Waals surface area (Å²) in [5.41, 5.74) is 5.61. The molecule has 0 radical (unpaired) electrons. The molecule has 3 heteroatoms. The van der Waals surface area contributed by atoms with E-state index < -0.39 is 0 Å². The van der Waals surface area contributed by atoms with E-state index in [1.807, 2.05) is 30.0 Å². The molecule has 21 heavy (non-hydrogen) atoms. The van der Waals surface area contributed by atoms with Crippen molar-refractivity contribution in [2.45, 2.75) is 33.4 Å². The first-order valence-corrected chi connectivity index (χ1v) is 7.29. The van der Waals surface area contributed by atoms with Crippen molar-refractivity contribution >= 4 is 17.3 Å². The molecule has 0 spiro atoms. The lowest BCUT2D eigenvalue weighted by molar-refractivity contribution is -0.119. The molecule has 1 unspecified atom stereocenters. The number of carbonyl (C=O) groups excluding carboxylic acids is 1. The second-order valence-electron chi connectivity index (χ2n) is 5.73. The van der Waals surface area contributed by atoms with Gasteiger partial charge in [0.15, 0.2) is 0 Å². The van der Waals surface area contributed by atoms with Gasteiger partial charge < -0.3 is 10.2 Å². The number of amides is 1. The fourth-order valence-electron chi connectivity index (χ4n) is 2.72. The van der Waals surface area contributed by atoms with Gasteiger partial charge in [-0.25, -0.2) is 0 Å². The van der Waals surface area contributed by atoms with Gasteiger partial charge in [-0.2, -0.15) is 0 Å². The smallest absolute Gasteiger partial charge is 0.249 e. The van der Waals surface area contributed by atoms with Crippen molar-refractivity contribution in [2.24, 2.45) is 0 Å². The Hall–Kier alpha value is -2.29. The summed E-state index contributed by atoms with van der Waals surface area (Å²) in [6.45, 7) is 6.71. The lowest BCUT2D eigenvalue weighted by Gasteiger charge is -2.34. The Morgan fingerprint density at radius 3 is 2.48 bits per heavy atom. The summed E-state index contributed by atoms with van der Waals surface area (Å²) in [5, 5.41) is 3.30. The van der Waals surface area contributed by atoms with E-state index in [9.17, 15) is 4.79 Å². The Labute approximate surface area is 125 Å². The minimum Gasteiger partial charge on any atom is -0.372 e. The van der Waals surface area contributed by atoms with Crippen molar-refractivity contribution in [1.82, 2.24) is 0 Å². The maximum atomic E-state index is 12.6. The Morgan fingerprint density at radius 2 is 1.76 bits per heavy atom. The van der Waals surface area contributed by atoms with E-state index in [-0.39, 0.29) is 11.9 Å². The van der Waals surface area contributed by atoms with Crippen molar-refractivity contribution in [3.05, 3.63) is 59.2 Å². The zero-order chi connectivity index (χ0) is 15.0. The highest BCUT2D eigenvalue weighted by atomic mass is 16.2. The number of rotatable bonds is 2. The summed E-state index contributed by atoms with van der Waals surface area (Å²) in [4.78, 5) is 14.4. The molecule has 0 aliphatic carbocycles. The van der Waals surface area contributed by atoms with E-state index in [2.05, 4.69) is 43.4 Å². The molecule has 0 bridgehead atoms. The summed E-state index contributed by atoms with van der Waals surface area (Å²) in [7, 11) is 0. The molecule has 0 aromatic heterocycles. The highest BCUT2D eigenvalue weighted by Crippen LogP contribution is 2.34. The van der Waals surface area contributed by atoms with Crippen LogP contribution in [0, 0.1) is 13.8 Å². The molecule has 1 aliphatic rings. The summed E-state index contributed by atoms with van der Waals surface area (Å²) in [6.07, 6.45) is 0. The van der Waals surface area contributed by atoms with Crippen molar-refractivity contribution in [1.29, 1.82) is 0 Å². The van der Waals surface area contributed by atoms with Crippen LogP contribution in [0.5, 0.6) is 0 Å². The molecule has 3 nitrogen and oxygen atoms in total. The van der Waals surface area contributed by atoms with E-state index >= 15 is 0 Å². The lowest BCUT2D eigenvalue weighted by atomic mass is 10.0. The SMILES string of the molecule is Cc1cc2c(cc1C)N(Cc1ccccc1)C(=O)C(C)N2. The van der Waals surface area contributed by atoms with Crippen molar-refractivity contribution < 1.29 is 4.79 Å². The fraction of sp³-hybridized carbons (Fsp3) is 0.278. The fourth-order valence-corrected chi connectivity index (χ4v) is 2.72. The average Bonchev–Trinajstić information content (AvgIpc) is 2.47. The van der Waals surface area contributed by atoms with E-state index in [0.717, 1.165) is 16.9 Å². The largest absolute Gasteiger partial charge is 0.372 e. The van der Waals surface area contributed by atoms with Crippen LogP contribution in [-0.2, 0) is 11.3 Å². The van der Waals surface area contributed by atoms with Gasteiger partial charge in [-0.1, -0.05) is 30.3 Å². The summed E-state index contributed by atoms with van der Waals surface area (Å²) >= 11 is 0. The third kappa shape index (κ3) is 2.51. The third-order valence-corrected chi connectivity index (χ3v) is 4.09. The number of hydrogen-bond donors (Lipinski definition) is 1. The highest BCUT2D eigenvalue weighted by molar-refractivity contribution is 6.04. The minimum absolute atomic E-state index is 0.120. The molecule has 2 aromatic rings. The molecule has 0 saturated heterocycles. The molecule has 1 heterocycles. The normalized spacial score (nSPS) is 17.4. The Bertz CT molecular complexity index is 679. The highest BCUT2D eigenvalue weighted by Gasteiger charge is 2.29. The molecule has 3 rings (SSSR count). The van der Waals surface area contributed by atoms with Gasteiger partial charge >= 0.3 is 0 Å². The zero-order valence-electron chi connectivity index (χ0n) is 12.7. The van der Waals surface area contributed by atoms with Gasteiger partial charge in [0.2, 0.25) is 5.91 Å². The molecular formula is C18H20N2O. The maximum absolute atomic E-state index is 12.6. The Balaban J connectivity index is 2.03. The van der Waals surface area contributed by atoms with Crippen molar-refractivity contribution in [3.63, 3.8) is 0 Å². The summed E-state index contributed by atoms with van der Waals surface area (Å²) in [5.74, 6) is 0.120. The Morgan fingerprint density at radius 1 is 1.10 bits per heavy atom. The van der Waals surface area contributed by atoms with Crippen molar-refractivity contribution in [3.8, 4) is 0 Å². The second-order valence-corrected chi connectivity index (χ2v) is 5.73. The van der Waals surface area contributed by atoms with Crippen LogP contribution < -0.4 is 10.2 Å². The standard InChI is InChI=1S/C18H20N2O/c1-12-9-16-17(10-13(12)2)20(18(21)14(3)19-16)11-15-7-5-4-6-8-15/h4-10,14,19H,11H2,1-3H3. The van der Waals surface area contributed by atoms with Crippen LogP contribution in [0.3, 0.4) is 0 Å². The first kappa shape index (κ1) is 13.7. The predicted molar refractivity (Wildman–Crippen MR) is 86.6 cm³/mol. The van der Waals surface area contributed by atoms with Gasteiger partial charge in [-0.05, 0) is 49.6 Å². The lowest BCUT2D eigenvalue weighted by Crippen LogP contribution is -2.45. The summed E-state index contributed by atoms with van der Waals surface area (Å²) in [6, 6.07) is 14.2. The molecule has 0 fully saturated rings. The Kier molecular flexibility index (Phi) is 3.42. The van der Waals surface area contributed by atoms with Gasteiger partial charge in [-0.15, -0.1) is 0 Å². The molecule has 1 N–H and O–H groups in total. The predicted octanol–water partition coefficient (Wildman–Crippen LogP) is 3.65. The monoisotopic (exact) mass is 280 g/mol. The zero-order valence-corrected chi connectivity index (χ0v) is 12.7. The van der Waals surface area contributed by atoms with Gasteiger partial charge in [-0.3, -0.25) is 4.79 Å². The molecule has 2 aromatic carbocycles. The maximum Gasteiger partial charge on any atom is 0.249 e. The van der Waals surface area contributed by atoms with E-state index in [0.29, 0.717) is 6.54 Å². The number of benzene rings is 2. The van der Waals surface area contributed by atoms with Gasteiger partial charge in [0.05, 0.1) is 17.9 Å². The van der Waals surface area contributed by atoms with Crippen LogP contribution in [0.15, 0.2) is 42.5 Å². The number of fused-ring (bicyclic) bond motifs is 1. The van der Waals surface area contributed by atoms with Gasteiger partial charge in [0.1, 0.15) is 6.04 Å². The number of hydrogen-bond acceptors (Lipinski definition) is 2. The van der Waals surface area contributed by atoms with Crippen LogP contribution in [0.4, 0.5) is 11.4 Å². The first-order chi connectivity index (χ1) is 10.1. The van der Waals surface area contributed by atoms with Gasteiger partial charge in [0, 0.05) is 0 Å². The number of aryl methyl sites for hydroxylation is 2. The van der Waals surface area contributed by atoms with E-state index in [4.69, 9.17) is 0 Å². The first-order valence-electron chi connectivity index (χ1n) is 7.29.